The van der Waals surface area contributed by atoms with E-state index in [-0.39, 0.29) is 5.56 Å². The molecule has 0 aromatic heterocycles. The van der Waals surface area contributed by atoms with Crippen LogP contribution in [-0.4, -0.2) is 23.9 Å². The third-order valence-electron chi connectivity index (χ3n) is 4.21. The summed E-state index contributed by atoms with van der Waals surface area (Å²) in [6, 6.07) is 18.6. The van der Waals surface area contributed by atoms with Gasteiger partial charge in [0.05, 0.1) is 24.1 Å². The van der Waals surface area contributed by atoms with Crippen LogP contribution in [0.15, 0.2) is 65.8 Å². The number of rotatable bonds is 8. The minimum absolute atomic E-state index is 0.241. The molecule has 0 aliphatic carbocycles. The lowest BCUT2D eigenvalue weighted by Crippen LogP contribution is -2.01. The molecule has 0 unspecified atom stereocenters. The van der Waals surface area contributed by atoms with Crippen LogP contribution in [0.5, 0.6) is 5.75 Å². The molecule has 0 radical (unpaired) electrons. The number of carbonyl (C=O) groups is 1. The van der Waals surface area contributed by atoms with E-state index in [4.69, 9.17) is 9.84 Å². The lowest BCUT2D eigenvalue weighted by atomic mass is 10.0. The summed E-state index contributed by atoms with van der Waals surface area (Å²) in [4.78, 5) is 10.9. The minimum Gasteiger partial charge on any atom is -0.493 e. The zero-order valence-corrected chi connectivity index (χ0v) is 15.2. The number of anilines is 1. The third kappa shape index (κ3) is 4.64. The smallest absolute Gasteiger partial charge is 0.335 e. The SMILES string of the molecule is CCCCOc1ccc2ccccc2c1/C=N/Nc1ccc(C(=O)O)cc1. The summed E-state index contributed by atoms with van der Waals surface area (Å²) in [5, 5.41) is 15.5. The summed E-state index contributed by atoms with van der Waals surface area (Å²) < 4.78 is 5.95. The fraction of sp³-hybridized carbons (Fsp3) is 0.182. The molecule has 0 aliphatic heterocycles. The third-order valence-corrected chi connectivity index (χ3v) is 4.21. The number of hydrogen-bond acceptors (Lipinski definition) is 4. The zero-order valence-electron chi connectivity index (χ0n) is 15.2. The van der Waals surface area contributed by atoms with Gasteiger partial charge in [-0.05, 0) is 47.5 Å². The molecule has 0 atom stereocenters. The quantitative estimate of drug-likeness (QED) is 0.330. The van der Waals surface area contributed by atoms with Crippen molar-refractivity contribution in [1.29, 1.82) is 0 Å². The molecule has 0 saturated heterocycles. The summed E-state index contributed by atoms with van der Waals surface area (Å²) in [7, 11) is 0. The number of ether oxygens (including phenoxy) is 1. The molecule has 3 aromatic carbocycles. The van der Waals surface area contributed by atoms with Crippen LogP contribution >= 0.6 is 0 Å². The van der Waals surface area contributed by atoms with Crippen LogP contribution in [0.25, 0.3) is 10.8 Å². The highest BCUT2D eigenvalue weighted by Crippen LogP contribution is 2.27. The van der Waals surface area contributed by atoms with Gasteiger partial charge in [-0.3, -0.25) is 5.43 Å². The van der Waals surface area contributed by atoms with Gasteiger partial charge >= 0.3 is 5.97 Å². The van der Waals surface area contributed by atoms with Crippen molar-refractivity contribution in [2.45, 2.75) is 19.8 Å². The van der Waals surface area contributed by atoms with Crippen LogP contribution in [0.1, 0.15) is 35.7 Å². The van der Waals surface area contributed by atoms with Crippen LogP contribution in [0, 0.1) is 0 Å². The van der Waals surface area contributed by atoms with Gasteiger partial charge in [-0.2, -0.15) is 5.10 Å². The standard InChI is InChI=1S/C22H22N2O3/c1-2-3-14-27-21-13-10-16-6-4-5-7-19(16)20(21)15-23-24-18-11-8-17(9-12-18)22(25)26/h4-13,15,24H,2-3,14H2,1H3,(H,25,26)/b23-15+. The normalized spacial score (nSPS) is 11.0. The fourth-order valence-corrected chi connectivity index (χ4v) is 2.72. The van der Waals surface area contributed by atoms with Crippen molar-refractivity contribution in [2.24, 2.45) is 5.10 Å². The molecule has 5 heteroatoms. The summed E-state index contributed by atoms with van der Waals surface area (Å²) in [5.74, 6) is -0.149. The Balaban J connectivity index is 1.83. The molecule has 5 nitrogen and oxygen atoms in total. The molecule has 3 rings (SSSR count). The molecule has 0 spiro atoms. The Morgan fingerprint density at radius 2 is 1.89 bits per heavy atom. The molecule has 0 aliphatic rings. The highest BCUT2D eigenvalue weighted by Gasteiger charge is 2.07. The number of benzene rings is 3. The first kappa shape index (κ1) is 18.5. The molecule has 3 aromatic rings. The molecule has 0 fully saturated rings. The van der Waals surface area contributed by atoms with E-state index in [2.05, 4.69) is 23.5 Å². The van der Waals surface area contributed by atoms with Crippen molar-refractivity contribution >= 4 is 28.6 Å². The van der Waals surface area contributed by atoms with Crippen molar-refractivity contribution in [1.82, 2.24) is 0 Å². The van der Waals surface area contributed by atoms with E-state index in [0.29, 0.717) is 12.3 Å². The van der Waals surface area contributed by atoms with Crippen LogP contribution in [0.2, 0.25) is 0 Å². The van der Waals surface area contributed by atoms with E-state index in [1.54, 1.807) is 18.3 Å². The van der Waals surface area contributed by atoms with Gasteiger partial charge < -0.3 is 9.84 Å². The van der Waals surface area contributed by atoms with E-state index < -0.39 is 5.97 Å². The van der Waals surface area contributed by atoms with Gasteiger partial charge in [0, 0.05) is 5.56 Å². The van der Waals surface area contributed by atoms with Crippen molar-refractivity contribution < 1.29 is 14.6 Å². The number of fused-ring (bicyclic) bond motifs is 1. The molecular formula is C22H22N2O3. The van der Waals surface area contributed by atoms with Gasteiger partial charge in [0.15, 0.2) is 0 Å². The maximum atomic E-state index is 10.9. The van der Waals surface area contributed by atoms with Crippen LogP contribution in [-0.2, 0) is 0 Å². The molecule has 0 saturated carbocycles. The second kappa shape index (κ2) is 8.85. The van der Waals surface area contributed by atoms with Crippen molar-refractivity contribution in [3.63, 3.8) is 0 Å². The van der Waals surface area contributed by atoms with Crippen molar-refractivity contribution in [3.8, 4) is 5.75 Å². The van der Waals surface area contributed by atoms with Crippen molar-refractivity contribution in [3.05, 3.63) is 71.8 Å². The summed E-state index contributed by atoms with van der Waals surface area (Å²) in [5.41, 5.74) is 4.81. The molecule has 0 bridgehead atoms. The Labute approximate surface area is 158 Å². The van der Waals surface area contributed by atoms with Gasteiger partial charge in [-0.15, -0.1) is 0 Å². The molecular weight excluding hydrogens is 340 g/mol. The van der Waals surface area contributed by atoms with Gasteiger partial charge in [0.2, 0.25) is 0 Å². The van der Waals surface area contributed by atoms with Crippen LogP contribution < -0.4 is 10.2 Å². The first-order valence-corrected chi connectivity index (χ1v) is 8.96. The van der Waals surface area contributed by atoms with Crippen LogP contribution in [0.3, 0.4) is 0 Å². The number of carboxylic acid groups (broad SMARTS) is 1. The van der Waals surface area contributed by atoms with E-state index >= 15 is 0 Å². The average Bonchev–Trinajstić information content (AvgIpc) is 2.69. The highest BCUT2D eigenvalue weighted by molar-refractivity contribution is 6.02. The highest BCUT2D eigenvalue weighted by atomic mass is 16.5. The second-order valence-electron chi connectivity index (χ2n) is 6.15. The molecule has 2 N–H and O–H groups in total. The van der Waals surface area contributed by atoms with E-state index in [9.17, 15) is 4.79 Å². The average molecular weight is 362 g/mol. The van der Waals surface area contributed by atoms with Crippen LogP contribution in [0.4, 0.5) is 5.69 Å². The Morgan fingerprint density at radius 3 is 2.63 bits per heavy atom. The minimum atomic E-state index is -0.949. The van der Waals surface area contributed by atoms with E-state index in [1.165, 1.54) is 12.1 Å². The predicted molar refractivity (Wildman–Crippen MR) is 109 cm³/mol. The Kier molecular flexibility index (Phi) is 6.05. The molecule has 0 amide bonds. The second-order valence-corrected chi connectivity index (χ2v) is 6.15. The first-order valence-electron chi connectivity index (χ1n) is 8.96. The molecule has 0 heterocycles. The topological polar surface area (TPSA) is 70.9 Å². The Morgan fingerprint density at radius 1 is 1.11 bits per heavy atom. The number of hydrogen-bond donors (Lipinski definition) is 2. The number of hydrazone groups is 1. The summed E-state index contributed by atoms with van der Waals surface area (Å²) in [6.07, 6.45) is 3.82. The van der Waals surface area contributed by atoms with Crippen molar-refractivity contribution in [2.75, 3.05) is 12.0 Å². The maximum absolute atomic E-state index is 10.9. The zero-order chi connectivity index (χ0) is 19.1. The number of unbranched alkanes of at least 4 members (excludes halogenated alkanes) is 1. The fourth-order valence-electron chi connectivity index (χ4n) is 2.72. The first-order chi connectivity index (χ1) is 13.2. The maximum Gasteiger partial charge on any atom is 0.335 e. The van der Waals surface area contributed by atoms with Gasteiger partial charge in [0.25, 0.3) is 0 Å². The number of nitrogens with zero attached hydrogens (tertiary/aromatic N) is 1. The summed E-state index contributed by atoms with van der Waals surface area (Å²) >= 11 is 0. The van der Waals surface area contributed by atoms with Gasteiger partial charge in [-0.25, -0.2) is 4.79 Å². The Hall–Kier alpha value is -3.34. The number of nitrogens with one attached hydrogen (secondary N) is 1. The predicted octanol–water partition coefficient (Wildman–Crippen LogP) is 5.16. The Bertz CT molecular complexity index is 949. The monoisotopic (exact) mass is 362 g/mol. The lowest BCUT2D eigenvalue weighted by molar-refractivity contribution is 0.0697. The largest absolute Gasteiger partial charge is 0.493 e. The number of carboxylic acids is 1. The summed E-state index contributed by atoms with van der Waals surface area (Å²) in [6.45, 7) is 2.80. The van der Waals surface area contributed by atoms with E-state index in [0.717, 1.165) is 34.9 Å². The lowest BCUT2D eigenvalue weighted by Gasteiger charge is -2.11. The van der Waals surface area contributed by atoms with Gasteiger partial charge in [0.1, 0.15) is 5.75 Å². The van der Waals surface area contributed by atoms with E-state index in [1.807, 2.05) is 30.3 Å². The molecule has 138 valence electrons. The number of aromatic carboxylic acids is 1. The molecule has 27 heavy (non-hydrogen) atoms. The van der Waals surface area contributed by atoms with Gasteiger partial charge in [-0.1, -0.05) is 43.7 Å².